The van der Waals surface area contributed by atoms with Crippen LogP contribution in [-0.2, 0) is 11.3 Å². The maximum atomic E-state index is 12.7. The van der Waals surface area contributed by atoms with Gasteiger partial charge in [-0.2, -0.15) is 0 Å². The largest absolute Gasteiger partial charge is 0.497 e. The number of rotatable bonds is 7. The summed E-state index contributed by atoms with van der Waals surface area (Å²) >= 11 is 0. The number of nitrogens with one attached hydrogen (secondary N) is 1. The quantitative estimate of drug-likeness (QED) is 0.665. The summed E-state index contributed by atoms with van der Waals surface area (Å²) in [5, 5.41) is 3.51. The van der Waals surface area contributed by atoms with Gasteiger partial charge in [-0.05, 0) is 43.7 Å². The number of methoxy groups -OCH3 is 2. The van der Waals surface area contributed by atoms with Crippen molar-refractivity contribution in [2.45, 2.75) is 32.9 Å². The molecule has 0 fully saturated rings. The molecule has 152 valence electrons. The minimum atomic E-state index is -0.276. The van der Waals surface area contributed by atoms with Crippen LogP contribution in [0.4, 0.5) is 0 Å². The van der Waals surface area contributed by atoms with Gasteiger partial charge >= 0.3 is 0 Å². The van der Waals surface area contributed by atoms with Crippen molar-refractivity contribution in [2.75, 3.05) is 14.2 Å². The number of hydrogen-bond acceptors (Lipinski definition) is 5. The van der Waals surface area contributed by atoms with E-state index in [0.717, 1.165) is 11.1 Å². The van der Waals surface area contributed by atoms with E-state index in [0.29, 0.717) is 22.4 Å². The van der Waals surface area contributed by atoms with Crippen molar-refractivity contribution < 1.29 is 14.3 Å². The molecule has 0 aliphatic rings. The SMILES string of the molecule is COc1ccc(OC)c(C(C)NC(=O)CCn2cnc3c(C)cccc3c2=O)c1. The van der Waals surface area contributed by atoms with Gasteiger partial charge in [-0.25, -0.2) is 4.98 Å². The summed E-state index contributed by atoms with van der Waals surface area (Å²) in [6.07, 6.45) is 1.66. The first-order valence-corrected chi connectivity index (χ1v) is 9.40. The van der Waals surface area contributed by atoms with Crippen LogP contribution < -0.4 is 20.3 Å². The van der Waals surface area contributed by atoms with Crippen LogP contribution in [0.25, 0.3) is 10.9 Å². The first-order chi connectivity index (χ1) is 13.9. The van der Waals surface area contributed by atoms with E-state index in [9.17, 15) is 9.59 Å². The number of hydrogen-bond donors (Lipinski definition) is 1. The maximum Gasteiger partial charge on any atom is 0.261 e. The number of carbonyl (C=O) groups is 1. The fraction of sp³-hybridized carbons (Fsp3) is 0.318. The molecule has 29 heavy (non-hydrogen) atoms. The Balaban J connectivity index is 1.70. The lowest BCUT2D eigenvalue weighted by molar-refractivity contribution is -0.122. The van der Waals surface area contributed by atoms with E-state index < -0.39 is 0 Å². The Labute approximate surface area is 169 Å². The smallest absolute Gasteiger partial charge is 0.261 e. The second-order valence-corrected chi connectivity index (χ2v) is 6.86. The van der Waals surface area contributed by atoms with Crippen molar-refractivity contribution in [3.63, 3.8) is 0 Å². The lowest BCUT2D eigenvalue weighted by Gasteiger charge is -2.18. The molecule has 2 aromatic carbocycles. The summed E-state index contributed by atoms with van der Waals surface area (Å²) in [7, 11) is 3.17. The standard InChI is InChI=1S/C22H25N3O4/c1-14-6-5-7-17-21(14)23-13-25(22(17)27)11-10-20(26)24-15(2)18-12-16(28-3)8-9-19(18)29-4/h5-9,12-13,15H,10-11H2,1-4H3,(H,24,26). The van der Waals surface area contributed by atoms with Crippen molar-refractivity contribution in [2.24, 2.45) is 0 Å². The Hall–Kier alpha value is -3.35. The van der Waals surface area contributed by atoms with Gasteiger partial charge < -0.3 is 14.8 Å². The molecule has 1 atom stereocenters. The zero-order valence-electron chi connectivity index (χ0n) is 17.1. The molecule has 0 spiro atoms. The zero-order valence-corrected chi connectivity index (χ0v) is 17.1. The first kappa shape index (κ1) is 20.4. The summed E-state index contributed by atoms with van der Waals surface area (Å²) in [6.45, 7) is 4.05. The van der Waals surface area contributed by atoms with Gasteiger partial charge in [0.2, 0.25) is 5.91 Å². The fourth-order valence-electron chi connectivity index (χ4n) is 3.29. The number of benzene rings is 2. The van der Waals surface area contributed by atoms with Crippen LogP contribution in [0.15, 0.2) is 47.5 Å². The van der Waals surface area contributed by atoms with Gasteiger partial charge in [0.05, 0.1) is 37.5 Å². The third-order valence-electron chi connectivity index (χ3n) is 4.92. The maximum absolute atomic E-state index is 12.7. The number of fused-ring (bicyclic) bond motifs is 1. The van der Waals surface area contributed by atoms with Crippen molar-refractivity contribution in [1.82, 2.24) is 14.9 Å². The van der Waals surface area contributed by atoms with E-state index in [1.54, 1.807) is 32.4 Å². The Morgan fingerprint density at radius 3 is 2.72 bits per heavy atom. The van der Waals surface area contributed by atoms with Crippen molar-refractivity contribution in [1.29, 1.82) is 0 Å². The van der Waals surface area contributed by atoms with E-state index in [1.165, 1.54) is 10.9 Å². The minimum absolute atomic E-state index is 0.144. The van der Waals surface area contributed by atoms with Gasteiger partial charge in [0.15, 0.2) is 0 Å². The Kier molecular flexibility index (Phi) is 6.16. The van der Waals surface area contributed by atoms with Crippen LogP contribution in [0.2, 0.25) is 0 Å². The molecule has 3 rings (SSSR count). The number of aromatic nitrogens is 2. The van der Waals surface area contributed by atoms with Gasteiger partial charge in [-0.1, -0.05) is 12.1 Å². The lowest BCUT2D eigenvalue weighted by atomic mass is 10.1. The second kappa shape index (κ2) is 8.77. The molecule has 1 N–H and O–H groups in total. The average molecular weight is 395 g/mol. The monoisotopic (exact) mass is 395 g/mol. The molecule has 0 saturated carbocycles. The molecule has 1 amide bonds. The zero-order chi connectivity index (χ0) is 21.0. The molecule has 0 radical (unpaired) electrons. The third kappa shape index (κ3) is 4.39. The van der Waals surface area contributed by atoms with Crippen molar-refractivity contribution in [3.05, 3.63) is 64.2 Å². The van der Waals surface area contributed by atoms with Crippen LogP contribution >= 0.6 is 0 Å². The van der Waals surface area contributed by atoms with Gasteiger partial charge in [0, 0.05) is 18.5 Å². The second-order valence-electron chi connectivity index (χ2n) is 6.86. The molecule has 7 heteroatoms. The Morgan fingerprint density at radius 1 is 1.21 bits per heavy atom. The first-order valence-electron chi connectivity index (χ1n) is 9.40. The number of aryl methyl sites for hydroxylation is 2. The molecule has 0 saturated heterocycles. The highest BCUT2D eigenvalue weighted by atomic mass is 16.5. The summed E-state index contributed by atoms with van der Waals surface area (Å²) in [6, 6.07) is 10.7. The molecule has 1 aromatic heterocycles. The molecule has 3 aromatic rings. The van der Waals surface area contributed by atoms with Crippen LogP contribution in [0, 0.1) is 6.92 Å². The average Bonchev–Trinajstić information content (AvgIpc) is 2.73. The summed E-state index contributed by atoms with van der Waals surface area (Å²) in [5.74, 6) is 1.19. The van der Waals surface area contributed by atoms with Gasteiger partial charge in [0.25, 0.3) is 5.56 Å². The molecule has 7 nitrogen and oxygen atoms in total. The predicted octanol–water partition coefficient (Wildman–Crippen LogP) is 2.99. The highest BCUT2D eigenvalue weighted by molar-refractivity contribution is 5.80. The number of amides is 1. The normalized spacial score (nSPS) is 11.9. The summed E-state index contributed by atoms with van der Waals surface area (Å²) in [4.78, 5) is 29.5. The third-order valence-corrected chi connectivity index (χ3v) is 4.92. The van der Waals surface area contributed by atoms with E-state index in [2.05, 4.69) is 10.3 Å². The number of ether oxygens (including phenoxy) is 2. The van der Waals surface area contributed by atoms with E-state index >= 15 is 0 Å². The molecule has 0 aliphatic carbocycles. The van der Waals surface area contributed by atoms with Gasteiger partial charge in [-0.15, -0.1) is 0 Å². The topological polar surface area (TPSA) is 82.4 Å². The van der Waals surface area contributed by atoms with Gasteiger partial charge in [0.1, 0.15) is 11.5 Å². The Bertz CT molecular complexity index is 1090. The summed E-state index contributed by atoms with van der Waals surface area (Å²) in [5.41, 5.74) is 2.32. The van der Waals surface area contributed by atoms with Crippen LogP contribution in [0.5, 0.6) is 11.5 Å². The summed E-state index contributed by atoms with van der Waals surface area (Å²) < 4.78 is 12.1. The van der Waals surface area contributed by atoms with E-state index in [4.69, 9.17) is 9.47 Å². The molecule has 0 bridgehead atoms. The number of carbonyl (C=O) groups excluding carboxylic acids is 1. The van der Waals surface area contributed by atoms with E-state index in [-0.39, 0.29) is 30.5 Å². The Morgan fingerprint density at radius 2 is 2.00 bits per heavy atom. The van der Waals surface area contributed by atoms with Crippen LogP contribution in [0.1, 0.15) is 30.5 Å². The van der Waals surface area contributed by atoms with Crippen LogP contribution in [0.3, 0.4) is 0 Å². The molecule has 1 unspecified atom stereocenters. The number of nitrogens with zero attached hydrogens (tertiary/aromatic N) is 2. The van der Waals surface area contributed by atoms with Crippen LogP contribution in [-0.4, -0.2) is 29.7 Å². The van der Waals surface area contributed by atoms with Gasteiger partial charge in [-0.3, -0.25) is 14.2 Å². The molecular weight excluding hydrogens is 370 g/mol. The highest BCUT2D eigenvalue weighted by Crippen LogP contribution is 2.29. The van der Waals surface area contributed by atoms with Crippen molar-refractivity contribution in [3.8, 4) is 11.5 Å². The molecular formula is C22H25N3O4. The lowest BCUT2D eigenvalue weighted by Crippen LogP contribution is -2.29. The molecule has 1 heterocycles. The predicted molar refractivity (Wildman–Crippen MR) is 111 cm³/mol. The highest BCUT2D eigenvalue weighted by Gasteiger charge is 2.16. The molecule has 0 aliphatic heterocycles. The fourth-order valence-corrected chi connectivity index (χ4v) is 3.29. The minimum Gasteiger partial charge on any atom is -0.497 e. The number of para-hydroxylation sites is 1. The van der Waals surface area contributed by atoms with Crippen molar-refractivity contribution >= 4 is 16.8 Å². The van der Waals surface area contributed by atoms with E-state index in [1.807, 2.05) is 32.0 Å².